The Kier molecular flexibility index (Phi) is 7.09. The number of benzene rings is 1. The molecule has 0 spiro atoms. The van der Waals surface area contributed by atoms with E-state index in [-0.39, 0.29) is 44.0 Å². The van der Waals surface area contributed by atoms with E-state index in [0.29, 0.717) is 26.7 Å². The number of rotatable bonds is 9. The van der Waals surface area contributed by atoms with E-state index in [1.54, 1.807) is 13.8 Å². The average Bonchev–Trinajstić information content (AvgIpc) is 3.63. The number of aliphatic hydroxyl groups is 1. The fourth-order valence-electron chi connectivity index (χ4n) is 4.96. The summed E-state index contributed by atoms with van der Waals surface area (Å²) in [4.78, 5) is 41.9. The number of carbonyl (C=O) groups excluding carboxylic acids is 1. The molecule has 1 aliphatic rings. The molecule has 0 unspecified atom stereocenters. The van der Waals surface area contributed by atoms with Gasteiger partial charge in [0.25, 0.3) is 5.56 Å². The smallest absolute Gasteiger partial charge is 0.332 e. The number of methoxy groups -OCH3 is 1. The summed E-state index contributed by atoms with van der Waals surface area (Å²) in [5.74, 6) is -0.473. The highest BCUT2D eigenvalue weighted by molar-refractivity contribution is 7.21. The summed E-state index contributed by atoms with van der Waals surface area (Å²) in [6.45, 7) is 2.98. The van der Waals surface area contributed by atoms with Crippen molar-refractivity contribution in [1.82, 2.24) is 29.4 Å². The molecule has 1 aromatic carbocycles. The normalized spacial score (nSPS) is 18.0. The lowest BCUT2D eigenvalue weighted by Crippen LogP contribution is -2.51. The molecule has 5 rings (SSSR count). The molecular weight excluding hydrogens is 531 g/mol. The summed E-state index contributed by atoms with van der Waals surface area (Å²) in [6.07, 6.45) is 2.02. The maximum absolute atomic E-state index is 14.3. The van der Waals surface area contributed by atoms with Crippen molar-refractivity contribution < 1.29 is 23.8 Å². The van der Waals surface area contributed by atoms with Crippen LogP contribution < -0.4 is 21.3 Å². The summed E-state index contributed by atoms with van der Waals surface area (Å²) >= 11 is 1.16. The summed E-state index contributed by atoms with van der Waals surface area (Å²) in [5.41, 5.74) is -1.41. The molecule has 2 atom stereocenters. The monoisotopic (exact) mass is 558 g/mol. The molecule has 1 amide bonds. The molecule has 0 radical (unpaired) electrons. The summed E-state index contributed by atoms with van der Waals surface area (Å²) < 4.78 is 28.2. The number of hydrogen-bond acceptors (Lipinski definition) is 9. The van der Waals surface area contributed by atoms with Gasteiger partial charge in [0, 0.05) is 17.7 Å². The van der Waals surface area contributed by atoms with Gasteiger partial charge in [0.05, 0.1) is 56.6 Å². The minimum absolute atomic E-state index is 0.0490. The van der Waals surface area contributed by atoms with E-state index in [9.17, 15) is 23.9 Å². The van der Waals surface area contributed by atoms with Crippen LogP contribution in [0.1, 0.15) is 30.6 Å². The van der Waals surface area contributed by atoms with Crippen LogP contribution >= 0.6 is 11.3 Å². The zero-order valence-corrected chi connectivity index (χ0v) is 22.3. The highest BCUT2D eigenvalue weighted by atomic mass is 32.1. The van der Waals surface area contributed by atoms with Crippen LogP contribution in [-0.2, 0) is 21.6 Å². The molecule has 39 heavy (non-hydrogen) atoms. The first-order chi connectivity index (χ1) is 18.7. The molecule has 4 aromatic rings. The lowest BCUT2D eigenvalue weighted by Gasteiger charge is -2.27. The zero-order chi connectivity index (χ0) is 27.9. The molecule has 206 valence electrons. The third kappa shape index (κ3) is 4.64. The van der Waals surface area contributed by atoms with Crippen molar-refractivity contribution in [2.45, 2.75) is 38.5 Å². The molecule has 0 aliphatic carbocycles. The topological polar surface area (TPSA) is 142 Å². The first-order valence-corrected chi connectivity index (χ1v) is 13.0. The molecule has 1 fully saturated rings. The number of aryl methyl sites for hydroxylation is 1. The Balaban J connectivity index is 1.78. The third-order valence-corrected chi connectivity index (χ3v) is 8.11. The number of hydrogen-bond donors (Lipinski definition) is 2. The van der Waals surface area contributed by atoms with Gasteiger partial charge in [-0.25, -0.2) is 9.18 Å². The number of thiophene rings is 1. The van der Waals surface area contributed by atoms with Gasteiger partial charge < -0.3 is 19.9 Å². The van der Waals surface area contributed by atoms with Gasteiger partial charge in [-0.15, -0.1) is 4.80 Å². The lowest BCUT2D eigenvalue weighted by atomic mass is 10.0. The standard InChI is InChI=1S/C25H27FN6O6S/c1-14-20-21(35)31(25(2)11-19(34)27-13-25)24(36)30(23(20)39-22(14)32-28-6-7-29-32)12-18(38-9-8-33)16-10-15(26)4-5-17(16)37-3/h4-7,10,18,33H,8-9,11-13H2,1-3H3,(H,27,34)/t18-,25-/m0/s1. The summed E-state index contributed by atoms with van der Waals surface area (Å²) in [5, 5.41) is 21.4. The number of fused-ring (bicyclic) bond motifs is 1. The average molecular weight is 559 g/mol. The van der Waals surface area contributed by atoms with Crippen LogP contribution in [0.5, 0.6) is 5.75 Å². The molecule has 0 bridgehead atoms. The van der Waals surface area contributed by atoms with E-state index in [0.717, 1.165) is 15.9 Å². The van der Waals surface area contributed by atoms with Gasteiger partial charge in [-0.3, -0.25) is 18.7 Å². The minimum Gasteiger partial charge on any atom is -0.496 e. The van der Waals surface area contributed by atoms with E-state index >= 15 is 0 Å². The number of aliphatic hydroxyl groups excluding tert-OH is 1. The number of nitrogens with zero attached hydrogens (tertiary/aromatic N) is 5. The van der Waals surface area contributed by atoms with Crippen LogP contribution in [0, 0.1) is 12.7 Å². The van der Waals surface area contributed by atoms with Gasteiger partial charge in [-0.2, -0.15) is 10.2 Å². The number of carbonyl (C=O) groups is 1. The second-order valence-corrected chi connectivity index (χ2v) is 10.5. The number of aromatic nitrogens is 5. The van der Waals surface area contributed by atoms with Crippen molar-refractivity contribution in [3.8, 4) is 10.8 Å². The highest BCUT2D eigenvalue weighted by Crippen LogP contribution is 2.34. The summed E-state index contributed by atoms with van der Waals surface area (Å²) in [7, 11) is 1.43. The van der Waals surface area contributed by atoms with Crippen LogP contribution in [0.4, 0.5) is 4.39 Å². The molecule has 12 nitrogen and oxygen atoms in total. The molecule has 1 saturated heterocycles. The first-order valence-electron chi connectivity index (χ1n) is 12.2. The third-order valence-electron chi connectivity index (χ3n) is 6.83. The fourth-order valence-corrected chi connectivity index (χ4v) is 6.18. The number of amides is 1. The van der Waals surface area contributed by atoms with E-state index < -0.39 is 28.7 Å². The Bertz CT molecular complexity index is 1660. The van der Waals surface area contributed by atoms with Crippen LogP contribution in [0.25, 0.3) is 15.2 Å². The Morgan fingerprint density at radius 1 is 1.26 bits per heavy atom. The van der Waals surface area contributed by atoms with Crippen LogP contribution in [0.15, 0.2) is 40.2 Å². The van der Waals surface area contributed by atoms with E-state index in [4.69, 9.17) is 9.47 Å². The molecule has 1 aliphatic heterocycles. The van der Waals surface area contributed by atoms with Gasteiger partial charge in [-0.1, -0.05) is 11.3 Å². The number of nitrogens with one attached hydrogen (secondary N) is 1. The maximum atomic E-state index is 14.3. The van der Waals surface area contributed by atoms with E-state index in [1.165, 1.54) is 47.1 Å². The molecule has 14 heteroatoms. The van der Waals surface area contributed by atoms with Gasteiger partial charge in [0.15, 0.2) is 0 Å². The number of ether oxygens (including phenoxy) is 2. The van der Waals surface area contributed by atoms with Crippen molar-refractivity contribution in [2.75, 3.05) is 26.9 Å². The Morgan fingerprint density at radius 3 is 2.64 bits per heavy atom. The second kappa shape index (κ2) is 10.4. The van der Waals surface area contributed by atoms with Crippen LogP contribution in [-0.4, -0.2) is 62.0 Å². The minimum atomic E-state index is -1.11. The van der Waals surface area contributed by atoms with E-state index in [2.05, 4.69) is 15.5 Å². The van der Waals surface area contributed by atoms with Crippen molar-refractivity contribution in [2.24, 2.45) is 0 Å². The van der Waals surface area contributed by atoms with Gasteiger partial charge in [0.2, 0.25) is 5.91 Å². The fraction of sp³-hybridized carbons (Fsp3) is 0.400. The maximum Gasteiger partial charge on any atom is 0.332 e. The lowest BCUT2D eigenvalue weighted by molar-refractivity contribution is -0.119. The predicted octanol–water partition coefficient (Wildman–Crippen LogP) is 1.25. The van der Waals surface area contributed by atoms with Crippen molar-refractivity contribution in [3.63, 3.8) is 0 Å². The predicted molar refractivity (Wildman–Crippen MR) is 140 cm³/mol. The second-order valence-electron chi connectivity index (χ2n) is 9.48. The molecule has 4 heterocycles. The molecule has 3 aromatic heterocycles. The molecular formula is C25H27FN6O6S. The quantitative estimate of drug-likeness (QED) is 0.313. The van der Waals surface area contributed by atoms with Crippen LogP contribution in [0.2, 0.25) is 0 Å². The zero-order valence-electron chi connectivity index (χ0n) is 21.5. The Labute approximate surface area is 225 Å². The Morgan fingerprint density at radius 2 is 2.00 bits per heavy atom. The van der Waals surface area contributed by atoms with Gasteiger partial charge >= 0.3 is 5.69 Å². The van der Waals surface area contributed by atoms with Gasteiger partial charge in [-0.05, 0) is 32.0 Å². The van der Waals surface area contributed by atoms with Gasteiger partial charge in [0.1, 0.15) is 27.5 Å². The van der Waals surface area contributed by atoms with Crippen LogP contribution in [0.3, 0.4) is 0 Å². The highest BCUT2D eigenvalue weighted by Gasteiger charge is 2.40. The van der Waals surface area contributed by atoms with Crippen molar-refractivity contribution in [1.29, 1.82) is 0 Å². The molecule has 2 N–H and O–H groups in total. The largest absolute Gasteiger partial charge is 0.496 e. The van der Waals surface area contributed by atoms with Crippen molar-refractivity contribution >= 4 is 27.5 Å². The molecule has 0 saturated carbocycles. The SMILES string of the molecule is COc1ccc(F)cc1[C@H](Cn1c(=O)n([C@]2(C)CNC(=O)C2)c(=O)c2c(C)c(-n3nccn3)sc21)OCCO. The van der Waals surface area contributed by atoms with E-state index in [1.807, 2.05) is 0 Å². The Hall–Kier alpha value is -3.88. The number of halogens is 1. The summed E-state index contributed by atoms with van der Waals surface area (Å²) in [6, 6.07) is 3.94. The first kappa shape index (κ1) is 26.7. The van der Waals surface area contributed by atoms with Crippen molar-refractivity contribution in [3.05, 3.63) is 68.4 Å².